The first-order chi connectivity index (χ1) is 9.34. The Bertz CT molecular complexity index is 339. The second-order valence-corrected chi connectivity index (χ2v) is 5.27. The van der Waals surface area contributed by atoms with Gasteiger partial charge < -0.3 is 15.0 Å². The maximum Gasteiger partial charge on any atom is 0.0599 e. The first-order valence-electron chi connectivity index (χ1n) is 7.24. The molecule has 1 aromatic rings. The van der Waals surface area contributed by atoms with Crippen LogP contribution in [0, 0.1) is 0 Å². The summed E-state index contributed by atoms with van der Waals surface area (Å²) in [6.45, 7) is 5.11. The van der Waals surface area contributed by atoms with Gasteiger partial charge in [-0.25, -0.2) is 0 Å². The van der Waals surface area contributed by atoms with Crippen LogP contribution in [-0.4, -0.2) is 49.3 Å². The summed E-state index contributed by atoms with van der Waals surface area (Å²) in [5.41, 5.74) is 1.27. The van der Waals surface area contributed by atoms with Crippen molar-refractivity contribution < 1.29 is 4.74 Å². The van der Waals surface area contributed by atoms with Crippen LogP contribution in [0.4, 0.5) is 0 Å². The molecule has 0 spiro atoms. The molecule has 0 radical (unpaired) electrons. The van der Waals surface area contributed by atoms with Gasteiger partial charge in [-0.2, -0.15) is 0 Å². The Morgan fingerprint density at radius 3 is 3.00 bits per heavy atom. The zero-order valence-corrected chi connectivity index (χ0v) is 11.8. The molecular weight excluding hydrogens is 238 g/mol. The summed E-state index contributed by atoms with van der Waals surface area (Å²) in [6.07, 6.45) is 7.64. The molecule has 0 aromatic carbocycles. The minimum Gasteiger partial charge on any atom is -0.378 e. The van der Waals surface area contributed by atoms with Crippen LogP contribution < -0.4 is 5.32 Å². The smallest absolute Gasteiger partial charge is 0.0599 e. The van der Waals surface area contributed by atoms with Gasteiger partial charge in [0, 0.05) is 32.1 Å². The van der Waals surface area contributed by atoms with Gasteiger partial charge in [-0.05, 0) is 51.0 Å². The molecule has 4 nitrogen and oxygen atoms in total. The molecule has 2 heterocycles. The Morgan fingerprint density at radius 2 is 2.26 bits per heavy atom. The van der Waals surface area contributed by atoms with Gasteiger partial charge in [-0.3, -0.25) is 4.98 Å². The lowest BCUT2D eigenvalue weighted by Gasteiger charge is -2.23. The van der Waals surface area contributed by atoms with E-state index >= 15 is 0 Å². The molecule has 1 aromatic heterocycles. The third-order valence-electron chi connectivity index (χ3n) is 3.50. The highest BCUT2D eigenvalue weighted by Gasteiger charge is 2.12. The average molecular weight is 263 g/mol. The van der Waals surface area contributed by atoms with Crippen LogP contribution in [-0.2, 0) is 11.3 Å². The number of pyridine rings is 1. The van der Waals surface area contributed by atoms with Crippen LogP contribution in [0.1, 0.15) is 24.8 Å². The third kappa shape index (κ3) is 5.68. The average Bonchev–Trinajstić information content (AvgIpc) is 2.46. The fourth-order valence-corrected chi connectivity index (χ4v) is 2.43. The molecule has 1 aliphatic rings. The molecule has 0 amide bonds. The molecule has 2 rings (SSSR count). The van der Waals surface area contributed by atoms with E-state index in [1.807, 2.05) is 18.5 Å². The van der Waals surface area contributed by atoms with Crippen molar-refractivity contribution in [2.75, 3.05) is 33.3 Å². The van der Waals surface area contributed by atoms with Crippen molar-refractivity contribution in [3.8, 4) is 0 Å². The Labute approximate surface area is 116 Å². The lowest BCUT2D eigenvalue weighted by atomic mass is 10.1. The van der Waals surface area contributed by atoms with Crippen LogP contribution in [0.15, 0.2) is 24.5 Å². The van der Waals surface area contributed by atoms with E-state index in [1.54, 1.807) is 0 Å². The van der Waals surface area contributed by atoms with E-state index in [9.17, 15) is 0 Å². The molecule has 0 unspecified atom stereocenters. The number of ether oxygens (including phenoxy) is 1. The van der Waals surface area contributed by atoms with Crippen molar-refractivity contribution in [3.05, 3.63) is 30.1 Å². The minimum atomic E-state index is 0.477. The highest BCUT2D eigenvalue weighted by molar-refractivity contribution is 5.07. The number of piperidine rings is 1. The maximum atomic E-state index is 5.90. The number of nitrogens with zero attached hydrogens (tertiary/aromatic N) is 2. The first kappa shape index (κ1) is 14.4. The van der Waals surface area contributed by atoms with Gasteiger partial charge in [0.05, 0.1) is 6.10 Å². The number of hydrogen-bond acceptors (Lipinski definition) is 4. The van der Waals surface area contributed by atoms with Crippen molar-refractivity contribution in [2.45, 2.75) is 31.9 Å². The second-order valence-electron chi connectivity index (χ2n) is 5.27. The third-order valence-corrected chi connectivity index (χ3v) is 3.50. The molecule has 1 aliphatic heterocycles. The molecule has 4 heteroatoms. The predicted molar refractivity (Wildman–Crippen MR) is 77.0 cm³/mol. The Hall–Kier alpha value is -0.970. The molecule has 0 saturated carbocycles. The van der Waals surface area contributed by atoms with Crippen molar-refractivity contribution in [1.82, 2.24) is 15.2 Å². The van der Waals surface area contributed by atoms with Crippen LogP contribution in [0.5, 0.6) is 0 Å². The van der Waals surface area contributed by atoms with Gasteiger partial charge in [0.2, 0.25) is 0 Å². The van der Waals surface area contributed by atoms with Crippen molar-refractivity contribution in [2.24, 2.45) is 0 Å². The topological polar surface area (TPSA) is 37.4 Å². The van der Waals surface area contributed by atoms with E-state index in [0.29, 0.717) is 6.10 Å². The molecule has 1 fully saturated rings. The summed E-state index contributed by atoms with van der Waals surface area (Å²) in [6, 6.07) is 4.11. The van der Waals surface area contributed by atoms with Crippen LogP contribution >= 0.6 is 0 Å². The summed E-state index contributed by atoms with van der Waals surface area (Å²) < 4.78 is 5.90. The van der Waals surface area contributed by atoms with Gasteiger partial charge in [0.1, 0.15) is 0 Å². The summed E-state index contributed by atoms with van der Waals surface area (Å²) in [4.78, 5) is 6.46. The molecule has 0 aliphatic carbocycles. The molecule has 19 heavy (non-hydrogen) atoms. The fraction of sp³-hybridized carbons (Fsp3) is 0.667. The zero-order valence-electron chi connectivity index (χ0n) is 11.8. The molecular formula is C15H25N3O. The first-order valence-corrected chi connectivity index (χ1v) is 7.24. The largest absolute Gasteiger partial charge is 0.378 e. The molecule has 106 valence electrons. The fourth-order valence-electron chi connectivity index (χ4n) is 2.43. The van der Waals surface area contributed by atoms with Gasteiger partial charge in [0.25, 0.3) is 0 Å². The van der Waals surface area contributed by atoms with E-state index < -0.39 is 0 Å². The monoisotopic (exact) mass is 263 g/mol. The summed E-state index contributed by atoms with van der Waals surface area (Å²) in [5, 5.41) is 3.36. The molecule has 0 bridgehead atoms. The van der Waals surface area contributed by atoms with Crippen molar-refractivity contribution in [1.29, 1.82) is 0 Å². The van der Waals surface area contributed by atoms with Gasteiger partial charge in [-0.1, -0.05) is 6.07 Å². The van der Waals surface area contributed by atoms with Gasteiger partial charge in [-0.15, -0.1) is 0 Å². The zero-order chi connectivity index (χ0) is 13.3. The van der Waals surface area contributed by atoms with E-state index in [0.717, 1.165) is 52.0 Å². The molecule has 1 saturated heterocycles. The van der Waals surface area contributed by atoms with Crippen LogP contribution in [0.3, 0.4) is 0 Å². The second kappa shape index (κ2) is 8.25. The van der Waals surface area contributed by atoms with Crippen molar-refractivity contribution in [3.63, 3.8) is 0 Å². The summed E-state index contributed by atoms with van der Waals surface area (Å²) in [7, 11) is 2.15. The van der Waals surface area contributed by atoms with E-state index in [4.69, 9.17) is 4.74 Å². The standard InChI is InChI=1S/C15H25N3O/c1-18(13-14-4-2-7-17-12-14)10-3-11-19-15-5-8-16-9-6-15/h2,4,7,12,15-16H,3,5-6,8-11,13H2,1H3. The van der Waals surface area contributed by atoms with Crippen LogP contribution in [0.25, 0.3) is 0 Å². The van der Waals surface area contributed by atoms with Gasteiger partial charge in [0.15, 0.2) is 0 Å². The Kier molecular flexibility index (Phi) is 6.27. The lowest BCUT2D eigenvalue weighted by Crippen LogP contribution is -2.33. The highest BCUT2D eigenvalue weighted by atomic mass is 16.5. The maximum absolute atomic E-state index is 5.90. The normalized spacial score (nSPS) is 16.9. The number of nitrogens with one attached hydrogen (secondary N) is 1. The van der Waals surface area contributed by atoms with Crippen LogP contribution in [0.2, 0.25) is 0 Å². The summed E-state index contributed by atoms with van der Waals surface area (Å²) >= 11 is 0. The minimum absolute atomic E-state index is 0.477. The number of aromatic nitrogens is 1. The highest BCUT2D eigenvalue weighted by Crippen LogP contribution is 2.08. The molecule has 0 atom stereocenters. The van der Waals surface area contributed by atoms with E-state index in [-0.39, 0.29) is 0 Å². The lowest BCUT2D eigenvalue weighted by molar-refractivity contribution is 0.0284. The van der Waals surface area contributed by atoms with Gasteiger partial charge >= 0.3 is 0 Å². The number of hydrogen-bond donors (Lipinski definition) is 1. The Morgan fingerprint density at radius 1 is 1.42 bits per heavy atom. The SMILES string of the molecule is CN(CCCOC1CCNCC1)Cc1cccnc1. The van der Waals surface area contributed by atoms with E-state index in [2.05, 4.69) is 28.3 Å². The molecule has 1 N–H and O–H groups in total. The quantitative estimate of drug-likeness (QED) is 0.759. The van der Waals surface area contributed by atoms with E-state index in [1.165, 1.54) is 5.56 Å². The van der Waals surface area contributed by atoms with Crippen molar-refractivity contribution >= 4 is 0 Å². The Balaban J connectivity index is 1.55. The number of rotatable bonds is 7. The predicted octanol–water partition coefficient (Wildman–Crippen LogP) is 1.67. The summed E-state index contributed by atoms with van der Waals surface area (Å²) in [5.74, 6) is 0.